The van der Waals surface area contributed by atoms with Gasteiger partial charge in [-0.2, -0.15) is 4.68 Å². The minimum absolute atomic E-state index is 0.101. The van der Waals surface area contributed by atoms with Crippen molar-refractivity contribution in [2.75, 3.05) is 5.75 Å². The van der Waals surface area contributed by atoms with E-state index in [4.69, 9.17) is 0 Å². The van der Waals surface area contributed by atoms with Crippen LogP contribution in [0, 0.1) is 20.8 Å². The third-order valence-corrected chi connectivity index (χ3v) is 5.40. The van der Waals surface area contributed by atoms with Gasteiger partial charge in [-0.25, -0.2) is 0 Å². The minimum atomic E-state index is 0.101. The van der Waals surface area contributed by atoms with Gasteiger partial charge < -0.3 is 0 Å². The van der Waals surface area contributed by atoms with Crippen LogP contribution in [0.25, 0.3) is 5.69 Å². The van der Waals surface area contributed by atoms with Crippen LogP contribution in [-0.4, -0.2) is 31.7 Å². The van der Waals surface area contributed by atoms with Crippen molar-refractivity contribution in [1.29, 1.82) is 0 Å². The molecular formula is C16H16N4OS2. The number of para-hydroxylation sites is 1. The van der Waals surface area contributed by atoms with Crippen molar-refractivity contribution < 1.29 is 4.79 Å². The molecule has 0 radical (unpaired) electrons. The molecule has 7 heteroatoms. The van der Waals surface area contributed by atoms with Crippen LogP contribution in [0.4, 0.5) is 0 Å². The number of nitrogens with zero attached hydrogens (tertiary/aromatic N) is 4. The van der Waals surface area contributed by atoms with Crippen molar-refractivity contribution in [2.24, 2.45) is 0 Å². The number of ketones is 1. The van der Waals surface area contributed by atoms with Crippen LogP contribution < -0.4 is 0 Å². The zero-order chi connectivity index (χ0) is 16.4. The first-order chi connectivity index (χ1) is 11.1. The molecule has 2 aromatic heterocycles. The summed E-state index contributed by atoms with van der Waals surface area (Å²) in [6.07, 6.45) is 0. The standard InChI is InChI=1S/C16H16N4OS2/c1-10-5-4-6-11(2)15(10)20-16(17-18-19-20)22-9-13(21)14-8-7-12(3)23-14/h4-8H,9H2,1-3H3. The average molecular weight is 344 g/mol. The van der Waals surface area contributed by atoms with E-state index in [1.54, 1.807) is 4.68 Å². The second-order valence-corrected chi connectivity index (χ2v) is 7.47. The van der Waals surface area contributed by atoms with E-state index in [-0.39, 0.29) is 5.78 Å². The second-order valence-electron chi connectivity index (χ2n) is 5.24. The molecule has 1 aromatic carbocycles. The van der Waals surface area contributed by atoms with Gasteiger partial charge in [0.05, 0.1) is 16.3 Å². The summed E-state index contributed by atoms with van der Waals surface area (Å²) in [7, 11) is 0. The van der Waals surface area contributed by atoms with Crippen molar-refractivity contribution >= 4 is 28.9 Å². The van der Waals surface area contributed by atoms with E-state index < -0.39 is 0 Å². The first kappa shape index (κ1) is 15.9. The number of Topliss-reactive ketones (excluding diaryl/α,β-unsaturated/α-hetero) is 1. The third-order valence-electron chi connectivity index (χ3n) is 3.44. The van der Waals surface area contributed by atoms with E-state index in [0.717, 1.165) is 26.6 Å². The molecule has 0 aliphatic carbocycles. The fourth-order valence-electron chi connectivity index (χ4n) is 2.33. The first-order valence-electron chi connectivity index (χ1n) is 7.13. The largest absolute Gasteiger partial charge is 0.292 e. The van der Waals surface area contributed by atoms with E-state index in [1.807, 2.05) is 51.1 Å². The molecule has 0 atom stereocenters. The molecule has 0 saturated heterocycles. The number of benzene rings is 1. The van der Waals surface area contributed by atoms with Gasteiger partial charge in [0.25, 0.3) is 0 Å². The molecule has 118 valence electrons. The van der Waals surface area contributed by atoms with Gasteiger partial charge >= 0.3 is 0 Å². The molecule has 0 bridgehead atoms. The summed E-state index contributed by atoms with van der Waals surface area (Å²) in [5, 5.41) is 12.5. The molecule has 23 heavy (non-hydrogen) atoms. The third kappa shape index (κ3) is 3.35. The van der Waals surface area contributed by atoms with Gasteiger partial charge in [0.1, 0.15) is 0 Å². The van der Waals surface area contributed by atoms with Gasteiger partial charge in [0.15, 0.2) is 5.78 Å². The predicted octanol–water partition coefficient (Wildman–Crippen LogP) is 3.62. The predicted molar refractivity (Wildman–Crippen MR) is 92.7 cm³/mol. The number of hydrogen-bond acceptors (Lipinski definition) is 6. The molecule has 5 nitrogen and oxygen atoms in total. The summed E-state index contributed by atoms with van der Waals surface area (Å²) in [6, 6.07) is 9.89. The van der Waals surface area contributed by atoms with Gasteiger partial charge in [-0.15, -0.1) is 16.4 Å². The molecule has 3 rings (SSSR count). The zero-order valence-corrected chi connectivity index (χ0v) is 14.7. The summed E-state index contributed by atoms with van der Waals surface area (Å²) in [5.74, 6) is 0.426. The van der Waals surface area contributed by atoms with Gasteiger partial charge in [0.2, 0.25) is 5.16 Å². The Kier molecular flexibility index (Phi) is 4.58. The maximum Gasteiger partial charge on any atom is 0.214 e. The topological polar surface area (TPSA) is 60.7 Å². The molecule has 2 heterocycles. The number of carbonyl (C=O) groups excluding carboxylic acids is 1. The lowest BCUT2D eigenvalue weighted by atomic mass is 10.1. The highest BCUT2D eigenvalue weighted by molar-refractivity contribution is 7.99. The Morgan fingerprint density at radius 1 is 1.17 bits per heavy atom. The van der Waals surface area contributed by atoms with Crippen LogP contribution in [0.15, 0.2) is 35.5 Å². The summed E-state index contributed by atoms with van der Waals surface area (Å²) in [6.45, 7) is 6.05. The van der Waals surface area contributed by atoms with Crippen molar-refractivity contribution in [3.05, 3.63) is 51.2 Å². The van der Waals surface area contributed by atoms with Crippen molar-refractivity contribution in [1.82, 2.24) is 20.2 Å². The number of carbonyl (C=O) groups is 1. The molecule has 0 fully saturated rings. The lowest BCUT2D eigenvalue weighted by molar-refractivity contribution is 0.102. The fraction of sp³-hybridized carbons (Fsp3) is 0.250. The number of thiophene rings is 1. The summed E-state index contributed by atoms with van der Waals surface area (Å²) in [5.41, 5.74) is 3.16. The monoisotopic (exact) mass is 344 g/mol. The number of hydrogen-bond donors (Lipinski definition) is 0. The molecule has 3 aromatic rings. The van der Waals surface area contributed by atoms with Crippen molar-refractivity contribution in [2.45, 2.75) is 25.9 Å². The van der Waals surface area contributed by atoms with Gasteiger partial charge in [0, 0.05) is 4.88 Å². The van der Waals surface area contributed by atoms with Crippen LogP contribution in [0.1, 0.15) is 25.7 Å². The Bertz CT molecular complexity index is 833. The van der Waals surface area contributed by atoms with E-state index >= 15 is 0 Å². The number of aromatic nitrogens is 4. The number of tetrazole rings is 1. The van der Waals surface area contributed by atoms with E-state index in [9.17, 15) is 4.79 Å². The van der Waals surface area contributed by atoms with Crippen molar-refractivity contribution in [3.63, 3.8) is 0 Å². The van der Waals surface area contributed by atoms with Crippen LogP contribution in [-0.2, 0) is 0 Å². The Morgan fingerprint density at radius 2 is 1.91 bits per heavy atom. The number of thioether (sulfide) groups is 1. The maximum atomic E-state index is 12.2. The Hall–Kier alpha value is -1.99. The smallest absolute Gasteiger partial charge is 0.214 e. The molecule has 0 aliphatic rings. The molecule has 0 N–H and O–H groups in total. The normalized spacial score (nSPS) is 10.9. The van der Waals surface area contributed by atoms with E-state index in [1.165, 1.54) is 23.1 Å². The molecule has 0 saturated carbocycles. The van der Waals surface area contributed by atoms with E-state index in [2.05, 4.69) is 15.5 Å². The molecular weight excluding hydrogens is 328 g/mol. The van der Waals surface area contributed by atoms with E-state index in [0.29, 0.717) is 10.9 Å². The number of aryl methyl sites for hydroxylation is 3. The van der Waals surface area contributed by atoms with Crippen LogP contribution in [0.5, 0.6) is 0 Å². The zero-order valence-electron chi connectivity index (χ0n) is 13.1. The molecule has 0 unspecified atom stereocenters. The van der Waals surface area contributed by atoms with Crippen LogP contribution in [0.3, 0.4) is 0 Å². The van der Waals surface area contributed by atoms with Crippen LogP contribution in [0.2, 0.25) is 0 Å². The summed E-state index contributed by atoms with van der Waals surface area (Å²) < 4.78 is 1.71. The highest BCUT2D eigenvalue weighted by Gasteiger charge is 2.16. The Morgan fingerprint density at radius 3 is 2.57 bits per heavy atom. The van der Waals surface area contributed by atoms with Crippen molar-refractivity contribution in [3.8, 4) is 5.69 Å². The Balaban J connectivity index is 1.81. The quantitative estimate of drug-likeness (QED) is 0.522. The Labute approximate surface area is 142 Å². The average Bonchev–Trinajstić information content (AvgIpc) is 3.14. The lowest BCUT2D eigenvalue weighted by Crippen LogP contribution is -2.06. The van der Waals surface area contributed by atoms with Gasteiger partial charge in [-0.1, -0.05) is 30.0 Å². The highest BCUT2D eigenvalue weighted by atomic mass is 32.2. The fourth-order valence-corrected chi connectivity index (χ4v) is 3.99. The first-order valence-corrected chi connectivity index (χ1v) is 8.94. The minimum Gasteiger partial charge on any atom is -0.292 e. The second kappa shape index (κ2) is 6.64. The molecule has 0 spiro atoms. The SMILES string of the molecule is Cc1ccc(C(=O)CSc2nnnn2-c2c(C)cccc2C)s1. The molecule has 0 amide bonds. The summed E-state index contributed by atoms with van der Waals surface area (Å²) in [4.78, 5) is 14.2. The molecule has 0 aliphatic heterocycles. The van der Waals surface area contributed by atoms with Gasteiger partial charge in [-0.05, 0) is 54.5 Å². The number of rotatable bonds is 5. The van der Waals surface area contributed by atoms with Crippen LogP contribution >= 0.6 is 23.1 Å². The maximum absolute atomic E-state index is 12.2. The lowest BCUT2D eigenvalue weighted by Gasteiger charge is -2.10. The highest BCUT2D eigenvalue weighted by Crippen LogP contribution is 2.25. The van der Waals surface area contributed by atoms with Gasteiger partial charge in [-0.3, -0.25) is 4.79 Å². The summed E-state index contributed by atoms with van der Waals surface area (Å²) >= 11 is 2.88.